The number of hydrogen-bond acceptors (Lipinski definition) is 3. The minimum absolute atomic E-state index is 0.194. The van der Waals surface area contributed by atoms with Gasteiger partial charge in [-0.05, 0) is 137 Å². The molecule has 1 aliphatic carbocycles. The van der Waals surface area contributed by atoms with Gasteiger partial charge in [-0.25, -0.2) is 0 Å². The van der Waals surface area contributed by atoms with E-state index in [1.165, 1.54) is 56.0 Å². The molecule has 3 heteroatoms. The number of anilines is 6. The molecule has 0 fully saturated rings. The summed E-state index contributed by atoms with van der Waals surface area (Å²) in [7, 11) is 1.74. The first kappa shape index (κ1) is 33.4. The first-order chi connectivity index (χ1) is 24.3. The van der Waals surface area contributed by atoms with Crippen LogP contribution in [0.2, 0.25) is 0 Å². The van der Waals surface area contributed by atoms with E-state index >= 15 is 0 Å². The Hall–Kier alpha value is -5.12. The molecular weight excluding hydrogens is 609 g/mol. The lowest BCUT2D eigenvalue weighted by Gasteiger charge is -2.29. The Kier molecular flexibility index (Phi) is 9.35. The molecule has 0 N–H and O–H groups in total. The largest absolute Gasteiger partial charge is 0.380 e. The van der Waals surface area contributed by atoms with Crippen molar-refractivity contribution < 1.29 is 4.74 Å². The molecule has 252 valence electrons. The van der Waals surface area contributed by atoms with Gasteiger partial charge in [-0.15, -0.1) is 0 Å². The molecule has 0 unspecified atom stereocenters. The van der Waals surface area contributed by atoms with E-state index in [4.69, 9.17) is 4.74 Å². The molecule has 0 amide bonds. The van der Waals surface area contributed by atoms with Gasteiger partial charge in [-0.1, -0.05) is 95.3 Å². The van der Waals surface area contributed by atoms with Crippen molar-refractivity contribution in [3.63, 3.8) is 0 Å². The molecule has 0 spiro atoms. The second-order valence-corrected chi connectivity index (χ2v) is 13.9. The molecule has 0 atom stereocenters. The van der Waals surface area contributed by atoms with Crippen LogP contribution in [0.25, 0.3) is 11.1 Å². The fourth-order valence-electron chi connectivity index (χ4n) is 7.44. The fraction of sp³-hybridized carbons (Fsp3) is 0.234. The summed E-state index contributed by atoms with van der Waals surface area (Å²) in [4.78, 5) is 4.78. The van der Waals surface area contributed by atoms with Crippen molar-refractivity contribution in [3.05, 3.63) is 167 Å². The van der Waals surface area contributed by atoms with Crippen LogP contribution in [0.15, 0.2) is 133 Å². The molecule has 50 heavy (non-hydrogen) atoms. The van der Waals surface area contributed by atoms with Crippen molar-refractivity contribution >= 4 is 34.1 Å². The van der Waals surface area contributed by atoms with E-state index in [1.807, 2.05) is 0 Å². The van der Waals surface area contributed by atoms with E-state index in [1.54, 1.807) is 7.11 Å². The van der Waals surface area contributed by atoms with Gasteiger partial charge in [0.1, 0.15) is 0 Å². The van der Waals surface area contributed by atoms with Gasteiger partial charge in [-0.2, -0.15) is 0 Å². The standard InChI is InChI=1S/C47H48N2O/c1-7-33-10-18-37(19-11-33)48(38-20-12-34(8-2)13-21-38)41-26-28-43-44-29-27-42(31-46(44)47(4,5)45(43)30-41)49(39-22-14-35(9-3)15-23-39)40-24-16-36(17-25-40)32-50-6/h10-31H,7-9,32H2,1-6H3. The second kappa shape index (κ2) is 14.0. The highest BCUT2D eigenvalue weighted by Gasteiger charge is 2.37. The van der Waals surface area contributed by atoms with Gasteiger partial charge in [0.25, 0.3) is 0 Å². The zero-order valence-corrected chi connectivity index (χ0v) is 30.3. The minimum Gasteiger partial charge on any atom is -0.380 e. The molecular formula is C47H48N2O. The average molecular weight is 657 g/mol. The van der Waals surface area contributed by atoms with Crippen LogP contribution < -0.4 is 9.80 Å². The molecule has 7 rings (SSSR count). The van der Waals surface area contributed by atoms with Crippen LogP contribution in [0.3, 0.4) is 0 Å². The molecule has 6 aromatic rings. The van der Waals surface area contributed by atoms with Crippen molar-refractivity contribution in [2.45, 2.75) is 65.9 Å². The van der Waals surface area contributed by atoms with Gasteiger partial charge < -0.3 is 14.5 Å². The average Bonchev–Trinajstić information content (AvgIpc) is 3.38. The SMILES string of the molecule is CCc1ccc(N(c2ccc(CC)cc2)c2ccc3c(c2)C(C)(C)c2cc(N(c4ccc(CC)cc4)c4ccc(COC)cc4)ccc2-3)cc1. The van der Waals surface area contributed by atoms with E-state index in [9.17, 15) is 0 Å². The van der Waals surface area contributed by atoms with Crippen molar-refractivity contribution in [1.29, 1.82) is 0 Å². The van der Waals surface area contributed by atoms with Crippen molar-refractivity contribution in [1.82, 2.24) is 0 Å². The highest BCUT2D eigenvalue weighted by Crippen LogP contribution is 2.52. The van der Waals surface area contributed by atoms with Crippen LogP contribution in [0.5, 0.6) is 0 Å². The first-order valence-corrected chi connectivity index (χ1v) is 18.1. The van der Waals surface area contributed by atoms with Crippen LogP contribution in [0.1, 0.15) is 68.0 Å². The summed E-state index contributed by atoms with van der Waals surface area (Å²) in [5.41, 5.74) is 17.3. The summed E-state index contributed by atoms with van der Waals surface area (Å²) >= 11 is 0. The quantitative estimate of drug-likeness (QED) is 0.138. The molecule has 1 aliphatic rings. The predicted molar refractivity (Wildman–Crippen MR) is 212 cm³/mol. The smallest absolute Gasteiger partial charge is 0.0713 e. The Bertz CT molecular complexity index is 2030. The lowest BCUT2D eigenvalue weighted by molar-refractivity contribution is 0.185. The van der Waals surface area contributed by atoms with Gasteiger partial charge in [0.15, 0.2) is 0 Å². The Morgan fingerprint density at radius 3 is 1.02 bits per heavy atom. The summed E-state index contributed by atoms with van der Waals surface area (Å²) in [6.45, 7) is 12.0. The van der Waals surface area contributed by atoms with Gasteiger partial charge in [-0.3, -0.25) is 0 Å². The number of rotatable bonds is 11. The minimum atomic E-state index is -0.194. The molecule has 0 aliphatic heterocycles. The van der Waals surface area contributed by atoms with Gasteiger partial charge in [0, 0.05) is 46.6 Å². The number of methoxy groups -OCH3 is 1. The van der Waals surface area contributed by atoms with Crippen LogP contribution in [-0.2, 0) is 36.0 Å². The molecule has 3 nitrogen and oxygen atoms in total. The molecule has 0 heterocycles. The highest BCUT2D eigenvalue weighted by molar-refractivity contribution is 5.88. The number of ether oxygens (including phenoxy) is 1. The Morgan fingerprint density at radius 2 is 0.720 bits per heavy atom. The number of fused-ring (bicyclic) bond motifs is 3. The number of nitrogens with zero attached hydrogens (tertiary/aromatic N) is 2. The summed E-state index contributed by atoms with van der Waals surface area (Å²) in [6, 6.07) is 49.8. The van der Waals surface area contributed by atoms with Crippen LogP contribution >= 0.6 is 0 Å². The lowest BCUT2D eigenvalue weighted by atomic mass is 9.82. The maximum Gasteiger partial charge on any atom is 0.0713 e. The van der Waals surface area contributed by atoms with Gasteiger partial charge in [0.05, 0.1) is 6.61 Å². The van der Waals surface area contributed by atoms with Crippen molar-refractivity contribution in [2.24, 2.45) is 0 Å². The predicted octanol–water partition coefficient (Wildman–Crippen LogP) is 12.8. The Morgan fingerprint density at radius 1 is 0.420 bits per heavy atom. The maximum absolute atomic E-state index is 5.40. The topological polar surface area (TPSA) is 15.7 Å². The summed E-state index contributed by atoms with van der Waals surface area (Å²) in [5, 5.41) is 0. The Balaban J connectivity index is 1.31. The van der Waals surface area contributed by atoms with Crippen LogP contribution in [-0.4, -0.2) is 7.11 Å². The number of aryl methyl sites for hydroxylation is 3. The second-order valence-electron chi connectivity index (χ2n) is 13.9. The van der Waals surface area contributed by atoms with Gasteiger partial charge in [0.2, 0.25) is 0 Å². The normalized spacial score (nSPS) is 12.8. The number of hydrogen-bond donors (Lipinski definition) is 0. The highest BCUT2D eigenvalue weighted by atomic mass is 16.5. The molecule has 0 saturated heterocycles. The third-order valence-electron chi connectivity index (χ3n) is 10.5. The molecule has 0 aromatic heterocycles. The van der Waals surface area contributed by atoms with Crippen LogP contribution in [0.4, 0.5) is 34.1 Å². The molecule has 0 bridgehead atoms. The van der Waals surface area contributed by atoms with Crippen molar-refractivity contribution in [2.75, 3.05) is 16.9 Å². The van der Waals surface area contributed by atoms with E-state index in [0.717, 1.165) is 41.9 Å². The lowest BCUT2D eigenvalue weighted by Crippen LogP contribution is -2.17. The zero-order chi connectivity index (χ0) is 34.8. The van der Waals surface area contributed by atoms with E-state index in [2.05, 4.69) is 178 Å². The third kappa shape index (κ3) is 6.23. The molecule has 0 saturated carbocycles. The summed E-state index contributed by atoms with van der Waals surface area (Å²) < 4.78 is 5.40. The zero-order valence-electron chi connectivity index (χ0n) is 30.3. The van der Waals surface area contributed by atoms with E-state index in [0.29, 0.717) is 6.61 Å². The number of benzene rings is 6. The fourth-order valence-corrected chi connectivity index (χ4v) is 7.44. The Labute approximate surface area is 298 Å². The van der Waals surface area contributed by atoms with Crippen LogP contribution in [0, 0.1) is 0 Å². The molecule has 6 aromatic carbocycles. The first-order valence-electron chi connectivity index (χ1n) is 18.1. The maximum atomic E-state index is 5.40. The third-order valence-corrected chi connectivity index (χ3v) is 10.5. The summed E-state index contributed by atoms with van der Waals surface area (Å²) in [6.07, 6.45) is 3.07. The van der Waals surface area contributed by atoms with Crippen molar-refractivity contribution in [3.8, 4) is 11.1 Å². The van der Waals surface area contributed by atoms with E-state index < -0.39 is 0 Å². The van der Waals surface area contributed by atoms with E-state index in [-0.39, 0.29) is 5.41 Å². The monoisotopic (exact) mass is 656 g/mol. The van der Waals surface area contributed by atoms with Gasteiger partial charge >= 0.3 is 0 Å². The summed E-state index contributed by atoms with van der Waals surface area (Å²) in [5.74, 6) is 0. The molecule has 0 radical (unpaired) electrons.